The molecule has 2 aromatic carbocycles. The Balaban J connectivity index is 1.69. The molecular formula is C22H27N3O6S. The number of carbonyl (C=O) groups is 2. The standard InChI is InChI=1S/C22H27N3O6S/c1-3-31-20-10-6-18(7-11-20)23-21(26)16-25(32(2,28)29)19-8-4-17(5-9-19)22(27)24-12-14-30-15-13-24/h4-11H,3,12-16H2,1-2H3,(H,23,26). The number of benzene rings is 2. The first-order valence-electron chi connectivity index (χ1n) is 10.3. The molecule has 172 valence electrons. The van der Waals surface area contributed by atoms with Crippen molar-refractivity contribution in [1.29, 1.82) is 0 Å². The van der Waals surface area contributed by atoms with E-state index in [-0.39, 0.29) is 5.91 Å². The van der Waals surface area contributed by atoms with Gasteiger partial charge >= 0.3 is 0 Å². The molecule has 2 amide bonds. The Morgan fingerprint density at radius 1 is 1.06 bits per heavy atom. The second-order valence-electron chi connectivity index (χ2n) is 7.23. The van der Waals surface area contributed by atoms with Gasteiger partial charge in [0, 0.05) is 24.3 Å². The normalized spacial score (nSPS) is 14.0. The fraction of sp³-hybridized carbons (Fsp3) is 0.364. The van der Waals surface area contributed by atoms with Gasteiger partial charge in [0.2, 0.25) is 15.9 Å². The first kappa shape index (κ1) is 23.6. The average molecular weight is 462 g/mol. The Morgan fingerprint density at radius 3 is 2.25 bits per heavy atom. The first-order valence-corrected chi connectivity index (χ1v) is 12.1. The van der Waals surface area contributed by atoms with E-state index in [9.17, 15) is 18.0 Å². The fourth-order valence-corrected chi connectivity index (χ4v) is 4.11. The molecule has 0 spiro atoms. The molecule has 0 aromatic heterocycles. The molecular weight excluding hydrogens is 434 g/mol. The van der Waals surface area contributed by atoms with E-state index in [0.717, 1.165) is 10.6 Å². The molecule has 1 fully saturated rings. The maximum atomic E-state index is 12.6. The molecule has 0 atom stereocenters. The summed E-state index contributed by atoms with van der Waals surface area (Å²) in [6, 6.07) is 13.0. The van der Waals surface area contributed by atoms with Gasteiger partial charge in [-0.05, 0) is 55.5 Å². The summed E-state index contributed by atoms with van der Waals surface area (Å²) in [5.74, 6) is 0.0435. The van der Waals surface area contributed by atoms with Crippen LogP contribution in [0.5, 0.6) is 5.75 Å². The van der Waals surface area contributed by atoms with Gasteiger partial charge in [0.1, 0.15) is 12.3 Å². The van der Waals surface area contributed by atoms with Crippen LogP contribution in [0.4, 0.5) is 11.4 Å². The summed E-state index contributed by atoms with van der Waals surface area (Å²) in [7, 11) is -3.73. The topological polar surface area (TPSA) is 105 Å². The van der Waals surface area contributed by atoms with E-state index in [4.69, 9.17) is 9.47 Å². The number of anilines is 2. The summed E-state index contributed by atoms with van der Waals surface area (Å²) in [4.78, 5) is 26.8. The number of sulfonamides is 1. The Bertz CT molecular complexity index is 1030. The predicted molar refractivity (Wildman–Crippen MR) is 122 cm³/mol. The molecule has 0 bridgehead atoms. The summed E-state index contributed by atoms with van der Waals surface area (Å²) in [6.45, 7) is 4.03. The van der Waals surface area contributed by atoms with Crippen LogP contribution in [0.15, 0.2) is 48.5 Å². The molecule has 1 saturated heterocycles. The van der Waals surface area contributed by atoms with E-state index in [1.807, 2.05) is 6.92 Å². The summed E-state index contributed by atoms with van der Waals surface area (Å²) >= 11 is 0. The minimum Gasteiger partial charge on any atom is -0.494 e. The summed E-state index contributed by atoms with van der Waals surface area (Å²) < 4.78 is 36.3. The SMILES string of the molecule is CCOc1ccc(NC(=O)CN(c2ccc(C(=O)N3CCOCC3)cc2)S(C)(=O)=O)cc1. The minimum absolute atomic E-state index is 0.140. The van der Waals surface area contributed by atoms with Crippen molar-refractivity contribution in [3.63, 3.8) is 0 Å². The highest BCUT2D eigenvalue weighted by molar-refractivity contribution is 7.92. The molecule has 9 nitrogen and oxygen atoms in total. The Kier molecular flexibility index (Phi) is 7.70. The third kappa shape index (κ3) is 6.21. The van der Waals surface area contributed by atoms with Crippen molar-refractivity contribution in [2.45, 2.75) is 6.92 Å². The molecule has 10 heteroatoms. The average Bonchev–Trinajstić information content (AvgIpc) is 2.78. The van der Waals surface area contributed by atoms with Gasteiger partial charge in [-0.1, -0.05) is 0 Å². The quantitative estimate of drug-likeness (QED) is 0.644. The van der Waals surface area contributed by atoms with E-state index in [2.05, 4.69) is 5.32 Å². The smallest absolute Gasteiger partial charge is 0.254 e. The molecule has 0 saturated carbocycles. The lowest BCUT2D eigenvalue weighted by atomic mass is 10.1. The van der Waals surface area contributed by atoms with Gasteiger partial charge in [-0.15, -0.1) is 0 Å². The number of amides is 2. The van der Waals surface area contributed by atoms with E-state index >= 15 is 0 Å². The van der Waals surface area contributed by atoms with Crippen molar-refractivity contribution < 1.29 is 27.5 Å². The van der Waals surface area contributed by atoms with Crippen LogP contribution < -0.4 is 14.4 Å². The summed E-state index contributed by atoms with van der Waals surface area (Å²) in [6.07, 6.45) is 1.03. The number of nitrogens with zero attached hydrogens (tertiary/aromatic N) is 2. The monoisotopic (exact) mass is 461 g/mol. The van der Waals surface area contributed by atoms with Crippen LogP contribution in [-0.4, -0.2) is 70.8 Å². The van der Waals surface area contributed by atoms with Crippen LogP contribution in [-0.2, 0) is 19.6 Å². The maximum absolute atomic E-state index is 12.6. The van der Waals surface area contributed by atoms with Crippen molar-refractivity contribution in [3.05, 3.63) is 54.1 Å². The second kappa shape index (κ2) is 10.5. The maximum Gasteiger partial charge on any atom is 0.254 e. The Morgan fingerprint density at radius 2 is 1.69 bits per heavy atom. The van der Waals surface area contributed by atoms with Gasteiger partial charge in [-0.25, -0.2) is 8.42 Å². The fourth-order valence-electron chi connectivity index (χ4n) is 3.25. The highest BCUT2D eigenvalue weighted by Gasteiger charge is 2.23. The molecule has 0 unspecified atom stereocenters. The predicted octanol–water partition coefficient (Wildman–Crippen LogP) is 1.96. The molecule has 3 rings (SSSR count). The van der Waals surface area contributed by atoms with Gasteiger partial charge in [0.05, 0.1) is 31.8 Å². The first-order chi connectivity index (χ1) is 15.3. The number of nitrogens with one attached hydrogen (secondary N) is 1. The van der Waals surface area contributed by atoms with E-state index in [1.165, 1.54) is 12.1 Å². The van der Waals surface area contributed by atoms with E-state index in [0.29, 0.717) is 55.6 Å². The van der Waals surface area contributed by atoms with Crippen LogP contribution in [0.2, 0.25) is 0 Å². The Labute approximate surface area is 188 Å². The van der Waals surface area contributed by atoms with Crippen molar-refractivity contribution in [1.82, 2.24) is 4.90 Å². The van der Waals surface area contributed by atoms with Crippen molar-refractivity contribution in [2.75, 3.05) is 55.3 Å². The third-order valence-electron chi connectivity index (χ3n) is 4.84. The molecule has 0 aliphatic carbocycles. The zero-order chi connectivity index (χ0) is 23.1. The van der Waals surface area contributed by atoms with Crippen molar-refractivity contribution in [3.8, 4) is 5.75 Å². The van der Waals surface area contributed by atoms with Crippen LogP contribution in [0.3, 0.4) is 0 Å². The highest BCUT2D eigenvalue weighted by atomic mass is 32.2. The zero-order valence-electron chi connectivity index (χ0n) is 18.1. The van der Waals surface area contributed by atoms with Crippen LogP contribution >= 0.6 is 0 Å². The number of carbonyl (C=O) groups excluding carboxylic acids is 2. The van der Waals surface area contributed by atoms with Crippen molar-refractivity contribution >= 4 is 33.2 Å². The molecule has 1 N–H and O–H groups in total. The molecule has 2 aromatic rings. The summed E-state index contributed by atoms with van der Waals surface area (Å²) in [5, 5.41) is 2.68. The van der Waals surface area contributed by atoms with E-state index < -0.39 is 22.5 Å². The van der Waals surface area contributed by atoms with Crippen LogP contribution in [0.1, 0.15) is 17.3 Å². The number of hydrogen-bond donors (Lipinski definition) is 1. The van der Waals surface area contributed by atoms with Crippen molar-refractivity contribution in [2.24, 2.45) is 0 Å². The van der Waals surface area contributed by atoms with E-state index in [1.54, 1.807) is 41.3 Å². The summed E-state index contributed by atoms with van der Waals surface area (Å²) in [5.41, 5.74) is 1.27. The second-order valence-corrected chi connectivity index (χ2v) is 9.13. The largest absolute Gasteiger partial charge is 0.494 e. The van der Waals surface area contributed by atoms with Gasteiger partial charge in [0.15, 0.2) is 0 Å². The molecule has 0 radical (unpaired) electrons. The number of hydrogen-bond acceptors (Lipinski definition) is 6. The molecule has 1 aliphatic heterocycles. The minimum atomic E-state index is -3.73. The number of morpholine rings is 1. The van der Waals surface area contributed by atoms with Crippen LogP contribution in [0.25, 0.3) is 0 Å². The highest BCUT2D eigenvalue weighted by Crippen LogP contribution is 2.20. The van der Waals surface area contributed by atoms with Gasteiger partial charge in [-0.3, -0.25) is 13.9 Å². The third-order valence-corrected chi connectivity index (χ3v) is 5.98. The van der Waals surface area contributed by atoms with Gasteiger partial charge in [0.25, 0.3) is 5.91 Å². The van der Waals surface area contributed by atoms with Crippen LogP contribution in [0, 0.1) is 0 Å². The molecule has 1 heterocycles. The molecule has 1 aliphatic rings. The number of rotatable bonds is 8. The van der Waals surface area contributed by atoms with Gasteiger partial charge < -0.3 is 19.7 Å². The lowest BCUT2D eigenvalue weighted by Gasteiger charge is -2.27. The Hall–Kier alpha value is -3.11. The number of ether oxygens (including phenoxy) is 2. The molecule has 32 heavy (non-hydrogen) atoms. The lowest BCUT2D eigenvalue weighted by Crippen LogP contribution is -2.40. The lowest BCUT2D eigenvalue weighted by molar-refractivity contribution is -0.114. The van der Waals surface area contributed by atoms with Gasteiger partial charge in [-0.2, -0.15) is 0 Å². The zero-order valence-corrected chi connectivity index (χ0v) is 18.9.